The molecule has 164 valence electrons. The summed E-state index contributed by atoms with van der Waals surface area (Å²) < 4.78 is 0. The number of halogens is 1. The maximum absolute atomic E-state index is 13.0. The molecule has 2 atom stereocenters. The average Bonchev–Trinajstić information content (AvgIpc) is 3.40. The molecule has 2 amide bonds. The summed E-state index contributed by atoms with van der Waals surface area (Å²) in [4.78, 5) is 29.6. The van der Waals surface area contributed by atoms with Crippen LogP contribution in [0.15, 0.2) is 48.5 Å². The Morgan fingerprint density at radius 3 is 2.34 bits per heavy atom. The zero-order valence-electron chi connectivity index (χ0n) is 17.6. The Hall–Kier alpha value is -3.19. The zero-order chi connectivity index (χ0) is 22.1. The fraction of sp³-hybridized carbons (Fsp3) is 0.333. The van der Waals surface area contributed by atoms with Gasteiger partial charge in [-0.25, -0.2) is 0 Å². The number of hydrogen-bond acceptors (Lipinski definition) is 4. The van der Waals surface area contributed by atoms with Crippen molar-refractivity contribution in [3.63, 3.8) is 0 Å². The topological polar surface area (TPSA) is 82.2 Å². The summed E-state index contributed by atoms with van der Waals surface area (Å²) in [5.41, 5.74) is 3.05. The van der Waals surface area contributed by atoms with Crippen LogP contribution in [0.3, 0.4) is 0 Å². The third-order valence-electron chi connectivity index (χ3n) is 6.57. The van der Waals surface area contributed by atoms with Crippen LogP contribution in [0.5, 0.6) is 0 Å². The monoisotopic (exact) mass is 449 g/mol. The molecule has 8 heteroatoms. The molecule has 2 saturated heterocycles. The summed E-state index contributed by atoms with van der Waals surface area (Å²) in [6.45, 7) is 2.92. The number of H-pyrrole nitrogens is 1. The van der Waals surface area contributed by atoms with Gasteiger partial charge < -0.3 is 9.80 Å². The fourth-order valence-electron chi connectivity index (χ4n) is 4.74. The van der Waals surface area contributed by atoms with Gasteiger partial charge in [0.15, 0.2) is 0 Å². The summed E-state index contributed by atoms with van der Waals surface area (Å²) in [7, 11) is 0. The molecule has 2 aliphatic heterocycles. The second-order valence-corrected chi connectivity index (χ2v) is 8.98. The van der Waals surface area contributed by atoms with Crippen molar-refractivity contribution in [3.05, 3.63) is 64.7 Å². The van der Waals surface area contributed by atoms with Gasteiger partial charge in [0, 0.05) is 42.8 Å². The SMILES string of the molecule is O=C(C=Cc1ccc(Cl)cc1)N1CCC2CN(C(=O)c3ccc4n[nH]nc4c3)CC2CC1. The van der Waals surface area contributed by atoms with Crippen molar-refractivity contribution < 1.29 is 9.59 Å². The molecule has 1 N–H and O–H groups in total. The quantitative estimate of drug-likeness (QED) is 0.619. The number of amides is 2. The molecule has 2 aliphatic rings. The summed E-state index contributed by atoms with van der Waals surface area (Å²) in [5, 5.41) is 11.4. The van der Waals surface area contributed by atoms with Gasteiger partial charge in [0.05, 0.1) is 0 Å². The predicted molar refractivity (Wildman–Crippen MR) is 123 cm³/mol. The standard InChI is InChI=1S/C24H24ClN5O2/c25-20-5-1-16(2-6-20)3-8-23(31)29-11-9-18-14-30(15-19(18)10-12-29)24(32)17-4-7-21-22(13-17)27-28-26-21/h1-8,13,18-19H,9-12,14-15H2,(H,26,27,28). The minimum absolute atomic E-state index is 0.0359. The van der Waals surface area contributed by atoms with Crippen molar-refractivity contribution in [2.24, 2.45) is 11.8 Å². The molecular formula is C24H24ClN5O2. The third kappa shape index (κ3) is 4.25. The lowest BCUT2D eigenvalue weighted by Gasteiger charge is -2.21. The van der Waals surface area contributed by atoms with Gasteiger partial charge in [-0.2, -0.15) is 15.4 Å². The van der Waals surface area contributed by atoms with Gasteiger partial charge >= 0.3 is 0 Å². The van der Waals surface area contributed by atoms with E-state index < -0.39 is 0 Å². The van der Waals surface area contributed by atoms with Crippen molar-refractivity contribution >= 4 is 40.5 Å². The maximum atomic E-state index is 13.0. The number of benzene rings is 2. The van der Waals surface area contributed by atoms with Crippen molar-refractivity contribution in [1.29, 1.82) is 0 Å². The van der Waals surface area contributed by atoms with Gasteiger partial charge in [0.1, 0.15) is 11.0 Å². The number of aromatic nitrogens is 3. The average molecular weight is 450 g/mol. The first-order valence-electron chi connectivity index (χ1n) is 10.9. The number of hydrogen-bond donors (Lipinski definition) is 1. The third-order valence-corrected chi connectivity index (χ3v) is 6.82. The van der Waals surface area contributed by atoms with Crippen molar-refractivity contribution in [2.75, 3.05) is 26.2 Å². The molecule has 3 aromatic rings. The van der Waals surface area contributed by atoms with E-state index >= 15 is 0 Å². The summed E-state index contributed by atoms with van der Waals surface area (Å²) in [6, 6.07) is 12.8. The van der Waals surface area contributed by atoms with E-state index in [9.17, 15) is 9.59 Å². The first-order valence-corrected chi connectivity index (χ1v) is 11.3. The highest BCUT2D eigenvalue weighted by molar-refractivity contribution is 6.30. The van der Waals surface area contributed by atoms with Gasteiger partial charge in [-0.1, -0.05) is 23.7 Å². The van der Waals surface area contributed by atoms with E-state index in [1.807, 2.05) is 52.3 Å². The van der Waals surface area contributed by atoms with Crippen LogP contribution in [0.1, 0.15) is 28.8 Å². The van der Waals surface area contributed by atoms with E-state index in [1.54, 1.807) is 12.1 Å². The largest absolute Gasteiger partial charge is 0.339 e. The second kappa shape index (κ2) is 8.74. The minimum Gasteiger partial charge on any atom is -0.339 e. The number of nitrogens with one attached hydrogen (secondary N) is 1. The summed E-state index contributed by atoms with van der Waals surface area (Å²) in [5.74, 6) is 0.927. The Bertz CT molecular complexity index is 1160. The number of fused-ring (bicyclic) bond motifs is 2. The highest BCUT2D eigenvalue weighted by Gasteiger charge is 2.37. The summed E-state index contributed by atoms with van der Waals surface area (Å²) >= 11 is 5.91. The Labute approximate surface area is 191 Å². The number of carbonyl (C=O) groups excluding carboxylic acids is 2. The van der Waals surface area contributed by atoms with Crippen LogP contribution in [-0.2, 0) is 4.79 Å². The molecule has 2 unspecified atom stereocenters. The van der Waals surface area contributed by atoms with Crippen molar-refractivity contribution in [1.82, 2.24) is 25.2 Å². The second-order valence-electron chi connectivity index (χ2n) is 8.54. The van der Waals surface area contributed by atoms with Crippen molar-refractivity contribution in [2.45, 2.75) is 12.8 Å². The van der Waals surface area contributed by atoms with Gasteiger partial charge in [-0.05, 0) is 66.6 Å². The number of carbonyl (C=O) groups is 2. The molecule has 7 nitrogen and oxygen atoms in total. The smallest absolute Gasteiger partial charge is 0.253 e. The molecule has 0 spiro atoms. The number of aromatic amines is 1. The van der Waals surface area contributed by atoms with E-state index in [4.69, 9.17) is 11.6 Å². The Kier molecular flexibility index (Phi) is 5.66. The molecule has 0 bridgehead atoms. The Morgan fingerprint density at radius 2 is 1.62 bits per heavy atom. The molecule has 0 saturated carbocycles. The van der Waals surface area contributed by atoms with Gasteiger partial charge in [-0.3, -0.25) is 9.59 Å². The van der Waals surface area contributed by atoms with Gasteiger partial charge in [0.25, 0.3) is 5.91 Å². The number of rotatable bonds is 3. The normalized spacial score (nSPS) is 21.2. The Morgan fingerprint density at radius 1 is 0.938 bits per heavy atom. The lowest BCUT2D eigenvalue weighted by molar-refractivity contribution is -0.126. The highest BCUT2D eigenvalue weighted by atomic mass is 35.5. The van der Waals surface area contributed by atoms with Crippen LogP contribution in [0, 0.1) is 11.8 Å². The molecular weight excluding hydrogens is 426 g/mol. The molecule has 3 heterocycles. The lowest BCUT2D eigenvalue weighted by atomic mass is 9.92. The number of likely N-dealkylation sites (tertiary alicyclic amines) is 2. The molecule has 2 fully saturated rings. The predicted octanol–water partition coefficient (Wildman–Crippen LogP) is 3.64. The first-order chi connectivity index (χ1) is 15.6. The lowest BCUT2D eigenvalue weighted by Crippen LogP contribution is -2.33. The molecule has 32 heavy (non-hydrogen) atoms. The molecule has 2 aromatic carbocycles. The molecule has 0 radical (unpaired) electrons. The maximum Gasteiger partial charge on any atom is 0.253 e. The molecule has 0 aliphatic carbocycles. The van der Waals surface area contributed by atoms with Crippen molar-refractivity contribution in [3.8, 4) is 0 Å². The van der Waals surface area contributed by atoms with Gasteiger partial charge in [-0.15, -0.1) is 0 Å². The van der Waals surface area contributed by atoms with Crippen LogP contribution < -0.4 is 0 Å². The van der Waals surface area contributed by atoms with Gasteiger partial charge in [0.2, 0.25) is 5.91 Å². The minimum atomic E-state index is 0.0359. The summed E-state index contributed by atoms with van der Waals surface area (Å²) in [6.07, 6.45) is 5.30. The zero-order valence-corrected chi connectivity index (χ0v) is 18.3. The molecule has 5 rings (SSSR count). The van der Waals surface area contributed by atoms with Crippen LogP contribution in [0.2, 0.25) is 5.02 Å². The van der Waals surface area contributed by atoms with Crippen LogP contribution in [0.25, 0.3) is 17.1 Å². The van der Waals surface area contributed by atoms with E-state index in [1.165, 1.54) is 0 Å². The van der Waals surface area contributed by atoms with E-state index in [0.717, 1.165) is 50.1 Å². The Balaban J connectivity index is 1.19. The van der Waals surface area contributed by atoms with Crippen LogP contribution in [0.4, 0.5) is 0 Å². The molecule has 1 aromatic heterocycles. The van der Waals surface area contributed by atoms with Crippen LogP contribution >= 0.6 is 11.6 Å². The van der Waals surface area contributed by atoms with E-state index in [-0.39, 0.29) is 11.8 Å². The highest BCUT2D eigenvalue weighted by Crippen LogP contribution is 2.33. The van der Waals surface area contributed by atoms with E-state index in [0.29, 0.717) is 27.9 Å². The number of nitrogens with zero attached hydrogens (tertiary/aromatic N) is 4. The van der Waals surface area contributed by atoms with Crippen LogP contribution in [-0.4, -0.2) is 63.2 Å². The fourth-order valence-corrected chi connectivity index (χ4v) is 4.86. The first kappa shape index (κ1) is 20.7. The van der Waals surface area contributed by atoms with E-state index in [2.05, 4.69) is 15.4 Å².